The van der Waals surface area contributed by atoms with Crippen molar-refractivity contribution in [3.63, 3.8) is 0 Å². The molecule has 0 saturated carbocycles. The van der Waals surface area contributed by atoms with Gasteiger partial charge in [0.1, 0.15) is 0 Å². The molecule has 0 radical (unpaired) electrons. The maximum atomic E-state index is 10.9. The predicted octanol–water partition coefficient (Wildman–Crippen LogP) is 0.222. The lowest BCUT2D eigenvalue weighted by molar-refractivity contribution is -0.142. The van der Waals surface area contributed by atoms with Crippen molar-refractivity contribution in [2.75, 3.05) is 13.1 Å². The second kappa shape index (κ2) is 3.98. The van der Waals surface area contributed by atoms with Crippen LogP contribution in [0.25, 0.3) is 0 Å². The fourth-order valence-electron chi connectivity index (χ4n) is 1.98. The van der Waals surface area contributed by atoms with Crippen LogP contribution >= 0.6 is 0 Å². The molecule has 0 unspecified atom stereocenters. The van der Waals surface area contributed by atoms with Gasteiger partial charge >= 0.3 is 5.97 Å². The van der Waals surface area contributed by atoms with Crippen molar-refractivity contribution in [3.8, 4) is 0 Å². The second-order valence-electron chi connectivity index (χ2n) is 3.96. The van der Waals surface area contributed by atoms with Gasteiger partial charge in [-0.2, -0.15) is 4.98 Å². The summed E-state index contributed by atoms with van der Waals surface area (Å²) in [7, 11) is 0. The minimum Gasteiger partial charge on any atom is -0.481 e. The highest BCUT2D eigenvalue weighted by atomic mass is 16.5. The summed E-state index contributed by atoms with van der Waals surface area (Å²) in [6.45, 7) is 3.84. The van der Waals surface area contributed by atoms with Gasteiger partial charge < -0.3 is 9.63 Å². The summed E-state index contributed by atoms with van der Waals surface area (Å²) in [5.41, 5.74) is 0. The molecule has 2 heterocycles. The fraction of sp³-hybridized carbons (Fsp3) is 0.667. The SMILES string of the molecule is C[C@@H]1CN(Cc2ncon2)C[C@H]1C(=O)O. The molecule has 0 spiro atoms. The Hall–Kier alpha value is -1.43. The normalized spacial score (nSPS) is 27.0. The fourth-order valence-corrected chi connectivity index (χ4v) is 1.98. The van der Waals surface area contributed by atoms with E-state index in [0.717, 1.165) is 6.54 Å². The molecule has 1 aromatic heterocycles. The van der Waals surface area contributed by atoms with E-state index < -0.39 is 5.97 Å². The molecule has 82 valence electrons. The van der Waals surface area contributed by atoms with Crippen LogP contribution in [-0.4, -0.2) is 39.2 Å². The number of carbonyl (C=O) groups is 1. The van der Waals surface area contributed by atoms with Gasteiger partial charge in [-0.05, 0) is 5.92 Å². The molecule has 1 saturated heterocycles. The van der Waals surface area contributed by atoms with E-state index in [1.54, 1.807) is 0 Å². The van der Waals surface area contributed by atoms with Gasteiger partial charge in [0, 0.05) is 13.1 Å². The van der Waals surface area contributed by atoms with Gasteiger partial charge in [0.2, 0.25) is 6.39 Å². The van der Waals surface area contributed by atoms with Crippen molar-refractivity contribution in [1.29, 1.82) is 0 Å². The number of hydrogen-bond donors (Lipinski definition) is 1. The number of carboxylic acid groups (broad SMARTS) is 1. The summed E-state index contributed by atoms with van der Waals surface area (Å²) in [6.07, 6.45) is 1.28. The van der Waals surface area contributed by atoms with Gasteiger partial charge in [0.05, 0.1) is 12.5 Å². The molecule has 1 aliphatic rings. The van der Waals surface area contributed by atoms with Crippen LogP contribution in [0.2, 0.25) is 0 Å². The molecule has 0 amide bonds. The maximum Gasteiger partial charge on any atom is 0.308 e. The van der Waals surface area contributed by atoms with E-state index >= 15 is 0 Å². The zero-order chi connectivity index (χ0) is 10.8. The Balaban J connectivity index is 1.94. The lowest BCUT2D eigenvalue weighted by atomic mass is 9.99. The average Bonchev–Trinajstić information content (AvgIpc) is 2.75. The number of aliphatic carboxylic acids is 1. The highest BCUT2D eigenvalue weighted by molar-refractivity contribution is 5.71. The number of nitrogens with zero attached hydrogens (tertiary/aromatic N) is 3. The van der Waals surface area contributed by atoms with E-state index in [1.807, 2.05) is 11.8 Å². The number of rotatable bonds is 3. The summed E-state index contributed by atoms with van der Waals surface area (Å²) >= 11 is 0. The number of likely N-dealkylation sites (tertiary alicyclic amines) is 1. The van der Waals surface area contributed by atoms with Crippen LogP contribution < -0.4 is 0 Å². The van der Waals surface area contributed by atoms with Crippen molar-refractivity contribution in [1.82, 2.24) is 15.0 Å². The Labute approximate surface area is 86.9 Å². The Bertz CT molecular complexity index is 338. The minimum absolute atomic E-state index is 0.175. The van der Waals surface area contributed by atoms with Crippen LogP contribution in [0.4, 0.5) is 0 Å². The monoisotopic (exact) mass is 211 g/mol. The molecule has 0 aromatic carbocycles. The van der Waals surface area contributed by atoms with E-state index in [9.17, 15) is 4.79 Å². The number of hydrogen-bond acceptors (Lipinski definition) is 5. The van der Waals surface area contributed by atoms with Crippen LogP contribution in [-0.2, 0) is 11.3 Å². The van der Waals surface area contributed by atoms with Gasteiger partial charge in [0.15, 0.2) is 5.82 Å². The molecular weight excluding hydrogens is 198 g/mol. The summed E-state index contributed by atoms with van der Waals surface area (Å²) in [4.78, 5) is 16.8. The van der Waals surface area contributed by atoms with E-state index in [0.29, 0.717) is 18.9 Å². The lowest BCUT2D eigenvalue weighted by Gasteiger charge is -2.11. The summed E-state index contributed by atoms with van der Waals surface area (Å²) < 4.78 is 4.62. The molecule has 15 heavy (non-hydrogen) atoms. The predicted molar refractivity (Wildman–Crippen MR) is 49.9 cm³/mol. The molecule has 1 fully saturated rings. The quantitative estimate of drug-likeness (QED) is 0.770. The first-order valence-corrected chi connectivity index (χ1v) is 4.87. The zero-order valence-electron chi connectivity index (χ0n) is 8.46. The third-order valence-electron chi connectivity index (χ3n) is 2.78. The molecule has 0 aliphatic carbocycles. The highest BCUT2D eigenvalue weighted by Crippen LogP contribution is 2.23. The first-order valence-electron chi connectivity index (χ1n) is 4.87. The third kappa shape index (κ3) is 2.15. The molecular formula is C9H13N3O3. The first kappa shape index (κ1) is 10.1. The second-order valence-corrected chi connectivity index (χ2v) is 3.96. The molecule has 6 heteroatoms. The highest BCUT2D eigenvalue weighted by Gasteiger charge is 2.34. The summed E-state index contributed by atoms with van der Waals surface area (Å²) in [5, 5.41) is 12.7. The molecule has 1 N–H and O–H groups in total. The Kier molecular flexibility index (Phi) is 2.68. The Morgan fingerprint density at radius 2 is 2.53 bits per heavy atom. The van der Waals surface area contributed by atoms with Crippen molar-refractivity contribution in [2.24, 2.45) is 11.8 Å². The average molecular weight is 211 g/mol. The van der Waals surface area contributed by atoms with Crippen LogP contribution in [0.5, 0.6) is 0 Å². The van der Waals surface area contributed by atoms with Gasteiger partial charge in [-0.1, -0.05) is 12.1 Å². The number of aromatic nitrogens is 2. The van der Waals surface area contributed by atoms with Crippen molar-refractivity contribution in [3.05, 3.63) is 12.2 Å². The molecule has 6 nitrogen and oxygen atoms in total. The van der Waals surface area contributed by atoms with E-state index in [-0.39, 0.29) is 11.8 Å². The third-order valence-corrected chi connectivity index (χ3v) is 2.78. The van der Waals surface area contributed by atoms with Crippen molar-refractivity contribution >= 4 is 5.97 Å². The largest absolute Gasteiger partial charge is 0.481 e. The topological polar surface area (TPSA) is 79.5 Å². The van der Waals surface area contributed by atoms with Crippen LogP contribution in [0.15, 0.2) is 10.9 Å². The van der Waals surface area contributed by atoms with E-state index in [4.69, 9.17) is 5.11 Å². The van der Waals surface area contributed by atoms with Gasteiger partial charge in [-0.15, -0.1) is 0 Å². The zero-order valence-corrected chi connectivity index (χ0v) is 8.46. The first-order chi connectivity index (χ1) is 7.16. The van der Waals surface area contributed by atoms with Gasteiger partial charge in [-0.3, -0.25) is 9.69 Å². The van der Waals surface area contributed by atoms with Gasteiger partial charge in [0.25, 0.3) is 0 Å². The van der Waals surface area contributed by atoms with Crippen molar-refractivity contribution in [2.45, 2.75) is 13.5 Å². The van der Waals surface area contributed by atoms with Crippen LogP contribution in [0.1, 0.15) is 12.7 Å². The van der Waals surface area contributed by atoms with E-state index in [2.05, 4.69) is 14.7 Å². The molecule has 1 aliphatic heterocycles. The molecule has 0 bridgehead atoms. The summed E-state index contributed by atoms with van der Waals surface area (Å²) in [6, 6.07) is 0. The van der Waals surface area contributed by atoms with Crippen molar-refractivity contribution < 1.29 is 14.4 Å². The summed E-state index contributed by atoms with van der Waals surface area (Å²) in [5.74, 6) is -0.224. The number of carboxylic acids is 1. The van der Waals surface area contributed by atoms with Crippen LogP contribution in [0, 0.1) is 11.8 Å². The molecule has 2 rings (SSSR count). The maximum absolute atomic E-state index is 10.9. The molecule has 2 atom stereocenters. The van der Waals surface area contributed by atoms with Crippen LogP contribution in [0.3, 0.4) is 0 Å². The van der Waals surface area contributed by atoms with Gasteiger partial charge in [-0.25, -0.2) is 0 Å². The molecule has 1 aromatic rings. The smallest absolute Gasteiger partial charge is 0.308 e. The van der Waals surface area contributed by atoms with E-state index in [1.165, 1.54) is 6.39 Å². The standard InChI is InChI=1S/C9H13N3O3/c1-6-2-12(3-7(6)9(13)14)4-8-10-5-15-11-8/h5-7H,2-4H2,1H3,(H,13,14)/t6-,7-/m1/s1. The Morgan fingerprint density at radius 1 is 1.73 bits per heavy atom. The lowest BCUT2D eigenvalue weighted by Crippen LogP contribution is -2.23. The Morgan fingerprint density at radius 3 is 3.07 bits per heavy atom. The minimum atomic E-state index is -0.724.